The van der Waals surface area contributed by atoms with E-state index in [4.69, 9.17) is 0 Å². The maximum atomic E-state index is 13.4. The van der Waals surface area contributed by atoms with Crippen LogP contribution >= 0.6 is 0 Å². The van der Waals surface area contributed by atoms with Gasteiger partial charge in [0.1, 0.15) is 5.82 Å². The number of hydrogen-bond acceptors (Lipinski definition) is 2. The number of benzene rings is 1. The van der Waals surface area contributed by atoms with Crippen LogP contribution in [0.2, 0.25) is 0 Å². The Balaban J connectivity index is 2.31. The van der Waals surface area contributed by atoms with Crippen molar-refractivity contribution in [2.75, 3.05) is 5.32 Å². The summed E-state index contributed by atoms with van der Waals surface area (Å²) in [5.41, 5.74) is -0.268. The van der Waals surface area contributed by atoms with Gasteiger partial charge in [-0.3, -0.25) is 0 Å². The smallest absolute Gasteiger partial charge is 0.207 e. The van der Waals surface area contributed by atoms with Crippen LogP contribution in [0.25, 0.3) is 0 Å². The molecule has 0 spiro atoms. The van der Waals surface area contributed by atoms with E-state index in [1.807, 2.05) is 6.92 Å². The summed E-state index contributed by atoms with van der Waals surface area (Å²) in [6, 6.07) is 1.39. The van der Waals surface area contributed by atoms with Gasteiger partial charge in [0.25, 0.3) is 0 Å². The van der Waals surface area contributed by atoms with Gasteiger partial charge in [0.15, 0.2) is 11.6 Å². The van der Waals surface area contributed by atoms with E-state index in [1.165, 1.54) is 6.20 Å². The average Bonchev–Trinajstić information content (AvgIpc) is 2.73. The highest BCUT2D eigenvalue weighted by Crippen LogP contribution is 2.22. The molecular formula is C12H12F3N3. The number of aryl methyl sites for hydroxylation is 1. The van der Waals surface area contributed by atoms with E-state index < -0.39 is 17.5 Å². The second kappa shape index (κ2) is 5.12. The fourth-order valence-corrected chi connectivity index (χ4v) is 1.62. The van der Waals surface area contributed by atoms with Gasteiger partial charge in [0.05, 0.1) is 5.69 Å². The quantitative estimate of drug-likeness (QED) is 0.848. The molecule has 6 heteroatoms. The van der Waals surface area contributed by atoms with Gasteiger partial charge < -0.3 is 9.88 Å². The molecule has 0 radical (unpaired) electrons. The van der Waals surface area contributed by atoms with Gasteiger partial charge in [0.2, 0.25) is 5.95 Å². The van der Waals surface area contributed by atoms with Gasteiger partial charge >= 0.3 is 0 Å². The lowest BCUT2D eigenvalue weighted by atomic mass is 10.3. The van der Waals surface area contributed by atoms with Crippen LogP contribution in [0, 0.1) is 17.5 Å². The van der Waals surface area contributed by atoms with Crippen LogP contribution in [0.4, 0.5) is 24.8 Å². The summed E-state index contributed by atoms with van der Waals surface area (Å²) >= 11 is 0. The third kappa shape index (κ3) is 2.47. The van der Waals surface area contributed by atoms with E-state index in [0.717, 1.165) is 12.5 Å². The Morgan fingerprint density at radius 3 is 2.78 bits per heavy atom. The van der Waals surface area contributed by atoms with Crippen LogP contribution in [-0.4, -0.2) is 9.55 Å². The minimum absolute atomic E-state index is 0.268. The third-order valence-corrected chi connectivity index (χ3v) is 2.42. The Labute approximate surface area is 102 Å². The predicted octanol–water partition coefficient (Wildman–Crippen LogP) is 3.45. The normalized spacial score (nSPS) is 10.7. The van der Waals surface area contributed by atoms with Crippen molar-refractivity contribution in [3.63, 3.8) is 0 Å². The van der Waals surface area contributed by atoms with Crippen molar-refractivity contribution in [1.82, 2.24) is 9.55 Å². The summed E-state index contributed by atoms with van der Waals surface area (Å²) < 4.78 is 41.2. The largest absolute Gasteiger partial charge is 0.323 e. The molecule has 0 aliphatic rings. The van der Waals surface area contributed by atoms with Crippen LogP contribution in [0.5, 0.6) is 0 Å². The lowest BCUT2D eigenvalue weighted by Gasteiger charge is -2.10. The molecule has 0 saturated carbocycles. The van der Waals surface area contributed by atoms with Gasteiger partial charge in [-0.1, -0.05) is 6.92 Å². The van der Waals surface area contributed by atoms with Crippen molar-refractivity contribution in [2.45, 2.75) is 19.9 Å². The van der Waals surface area contributed by atoms with Crippen LogP contribution < -0.4 is 5.32 Å². The van der Waals surface area contributed by atoms with Crippen LogP contribution in [0.1, 0.15) is 13.3 Å². The van der Waals surface area contributed by atoms with Crippen molar-refractivity contribution >= 4 is 11.6 Å². The van der Waals surface area contributed by atoms with Crippen LogP contribution in [-0.2, 0) is 6.54 Å². The summed E-state index contributed by atoms with van der Waals surface area (Å²) in [4.78, 5) is 3.97. The molecule has 1 aromatic carbocycles. The Bertz CT molecular complexity index is 551. The monoisotopic (exact) mass is 255 g/mol. The van der Waals surface area contributed by atoms with Gasteiger partial charge in [0, 0.05) is 31.1 Å². The first-order valence-electron chi connectivity index (χ1n) is 5.54. The Kier molecular flexibility index (Phi) is 3.55. The lowest BCUT2D eigenvalue weighted by Crippen LogP contribution is -2.05. The van der Waals surface area contributed by atoms with Gasteiger partial charge in [-0.15, -0.1) is 0 Å². The molecule has 2 aromatic rings. The molecule has 0 aliphatic heterocycles. The van der Waals surface area contributed by atoms with Crippen molar-refractivity contribution in [3.05, 3.63) is 42.0 Å². The molecule has 2 rings (SSSR count). The van der Waals surface area contributed by atoms with Crippen molar-refractivity contribution < 1.29 is 13.2 Å². The van der Waals surface area contributed by atoms with Crippen LogP contribution in [0.15, 0.2) is 24.5 Å². The highest BCUT2D eigenvalue weighted by Gasteiger charge is 2.13. The van der Waals surface area contributed by atoms with E-state index in [9.17, 15) is 13.2 Å². The molecule has 0 aliphatic carbocycles. The molecule has 96 valence electrons. The second-order valence-electron chi connectivity index (χ2n) is 3.82. The third-order valence-electron chi connectivity index (χ3n) is 2.42. The number of hydrogen-bond donors (Lipinski definition) is 1. The summed E-state index contributed by atoms with van der Waals surface area (Å²) in [6.45, 7) is 2.66. The Hall–Kier alpha value is -1.98. The Morgan fingerprint density at radius 2 is 2.06 bits per heavy atom. The molecule has 1 heterocycles. The van der Waals surface area contributed by atoms with E-state index in [1.54, 1.807) is 10.8 Å². The summed E-state index contributed by atoms with van der Waals surface area (Å²) in [5.74, 6) is -2.85. The highest BCUT2D eigenvalue weighted by molar-refractivity contribution is 5.54. The number of anilines is 2. The highest BCUT2D eigenvalue weighted by atomic mass is 19.2. The minimum atomic E-state index is -1.23. The first-order chi connectivity index (χ1) is 8.61. The number of halogens is 3. The maximum Gasteiger partial charge on any atom is 0.207 e. The van der Waals surface area contributed by atoms with E-state index in [0.29, 0.717) is 18.6 Å². The fourth-order valence-electron chi connectivity index (χ4n) is 1.62. The number of nitrogens with zero attached hydrogens (tertiary/aromatic N) is 2. The minimum Gasteiger partial charge on any atom is -0.323 e. The molecule has 0 amide bonds. The maximum absolute atomic E-state index is 13.4. The summed E-state index contributed by atoms with van der Waals surface area (Å²) in [6.07, 6.45) is 4.11. The molecule has 0 fully saturated rings. The SMILES string of the molecule is CCCn1ccnc1Nc1cc(F)cc(F)c1F. The standard InChI is InChI=1S/C12H12F3N3/c1-2-4-18-5-3-16-12(18)17-10-7-8(13)6-9(14)11(10)15/h3,5-7H,2,4H2,1H3,(H,16,17). The average molecular weight is 255 g/mol. The van der Waals surface area contributed by atoms with Gasteiger partial charge in [-0.2, -0.15) is 0 Å². The molecular weight excluding hydrogens is 243 g/mol. The van der Waals surface area contributed by atoms with E-state index >= 15 is 0 Å². The molecule has 18 heavy (non-hydrogen) atoms. The van der Waals surface area contributed by atoms with Crippen molar-refractivity contribution in [2.24, 2.45) is 0 Å². The summed E-state index contributed by atoms with van der Waals surface area (Å²) in [7, 11) is 0. The molecule has 0 bridgehead atoms. The van der Waals surface area contributed by atoms with Gasteiger partial charge in [-0.25, -0.2) is 18.2 Å². The second-order valence-corrected chi connectivity index (χ2v) is 3.82. The van der Waals surface area contributed by atoms with E-state index in [-0.39, 0.29) is 5.69 Å². The zero-order chi connectivity index (χ0) is 13.1. The predicted molar refractivity (Wildman–Crippen MR) is 62.1 cm³/mol. The molecule has 0 atom stereocenters. The number of imidazole rings is 1. The molecule has 1 aromatic heterocycles. The zero-order valence-corrected chi connectivity index (χ0v) is 9.75. The molecule has 3 nitrogen and oxygen atoms in total. The van der Waals surface area contributed by atoms with Crippen molar-refractivity contribution in [1.29, 1.82) is 0 Å². The molecule has 1 N–H and O–H groups in total. The van der Waals surface area contributed by atoms with Gasteiger partial charge in [-0.05, 0) is 6.42 Å². The topological polar surface area (TPSA) is 29.9 Å². The number of rotatable bonds is 4. The lowest BCUT2D eigenvalue weighted by molar-refractivity contribution is 0.498. The zero-order valence-electron chi connectivity index (χ0n) is 9.75. The van der Waals surface area contributed by atoms with E-state index in [2.05, 4.69) is 10.3 Å². The molecule has 0 saturated heterocycles. The van der Waals surface area contributed by atoms with Crippen LogP contribution in [0.3, 0.4) is 0 Å². The number of aromatic nitrogens is 2. The number of nitrogens with one attached hydrogen (secondary N) is 1. The van der Waals surface area contributed by atoms with Crippen molar-refractivity contribution in [3.8, 4) is 0 Å². The Morgan fingerprint density at radius 1 is 1.28 bits per heavy atom. The first kappa shape index (κ1) is 12.5. The first-order valence-corrected chi connectivity index (χ1v) is 5.54. The molecule has 0 unspecified atom stereocenters. The fraction of sp³-hybridized carbons (Fsp3) is 0.250. The summed E-state index contributed by atoms with van der Waals surface area (Å²) in [5, 5.41) is 2.58.